The van der Waals surface area contributed by atoms with E-state index in [1.54, 1.807) is 6.92 Å². The first-order valence-corrected chi connectivity index (χ1v) is 9.90. The molecular weight excluding hydrogens is 287 g/mol. The minimum Gasteiger partial charge on any atom is -0.376 e. The van der Waals surface area contributed by atoms with Crippen molar-refractivity contribution >= 4 is 23.0 Å². The van der Waals surface area contributed by atoms with Gasteiger partial charge in [0, 0.05) is 5.30 Å². The van der Waals surface area contributed by atoms with Gasteiger partial charge in [-0.15, -0.1) is 0 Å². The molecule has 0 bridgehead atoms. The maximum absolute atomic E-state index is 13.5. The third-order valence-electron chi connectivity index (χ3n) is 3.30. The SMILES string of the molecule is CCSP(=O)(c1ccccc1)C(C)(O)c1ccccc1. The fourth-order valence-electron chi connectivity index (χ4n) is 2.18. The standard InChI is InChI=1S/C16H19O2PS/c1-3-20-19(18,15-12-8-5-9-13-15)16(2,17)14-10-6-4-7-11-14/h4-13,17H,3H2,1-2H3. The molecule has 106 valence electrons. The van der Waals surface area contributed by atoms with Gasteiger partial charge >= 0.3 is 0 Å². The summed E-state index contributed by atoms with van der Waals surface area (Å²) in [4.78, 5) is 0. The molecule has 2 unspecified atom stereocenters. The van der Waals surface area contributed by atoms with E-state index in [1.807, 2.05) is 67.6 Å². The predicted molar refractivity (Wildman–Crippen MR) is 87.8 cm³/mol. The Morgan fingerprint density at radius 3 is 2.05 bits per heavy atom. The van der Waals surface area contributed by atoms with Crippen molar-refractivity contribution in [2.45, 2.75) is 19.2 Å². The van der Waals surface area contributed by atoms with E-state index >= 15 is 0 Å². The van der Waals surface area contributed by atoms with Crippen LogP contribution in [0.25, 0.3) is 0 Å². The fraction of sp³-hybridized carbons (Fsp3) is 0.250. The van der Waals surface area contributed by atoms with Crippen LogP contribution in [0.1, 0.15) is 19.4 Å². The van der Waals surface area contributed by atoms with E-state index < -0.39 is 11.7 Å². The van der Waals surface area contributed by atoms with E-state index in [-0.39, 0.29) is 0 Å². The first-order chi connectivity index (χ1) is 9.52. The molecule has 0 aliphatic carbocycles. The Hall–Kier alpha value is -1.02. The summed E-state index contributed by atoms with van der Waals surface area (Å²) in [6, 6.07) is 18.5. The molecule has 2 aromatic carbocycles. The van der Waals surface area contributed by atoms with Gasteiger partial charge in [-0.1, -0.05) is 79.0 Å². The Morgan fingerprint density at radius 2 is 1.55 bits per heavy atom. The second kappa shape index (κ2) is 6.17. The molecule has 20 heavy (non-hydrogen) atoms. The number of aliphatic hydroxyl groups is 1. The van der Waals surface area contributed by atoms with E-state index in [1.165, 1.54) is 11.4 Å². The average Bonchev–Trinajstić information content (AvgIpc) is 2.49. The zero-order valence-corrected chi connectivity index (χ0v) is 13.4. The van der Waals surface area contributed by atoms with Crippen LogP contribution >= 0.6 is 17.7 Å². The Balaban J connectivity index is 2.56. The van der Waals surface area contributed by atoms with Crippen LogP contribution in [0.4, 0.5) is 0 Å². The third kappa shape index (κ3) is 2.71. The summed E-state index contributed by atoms with van der Waals surface area (Å²) in [5.41, 5.74) is 0.688. The van der Waals surface area contributed by atoms with Crippen molar-refractivity contribution in [2.75, 3.05) is 5.75 Å². The molecular formula is C16H19O2PS. The molecule has 1 N–H and O–H groups in total. The summed E-state index contributed by atoms with van der Waals surface area (Å²) in [5, 5.41) is 10.3. The summed E-state index contributed by atoms with van der Waals surface area (Å²) in [5.74, 6) is 0.690. The summed E-state index contributed by atoms with van der Waals surface area (Å²) in [6.45, 7) is 3.61. The van der Waals surface area contributed by atoms with E-state index in [2.05, 4.69) is 0 Å². The quantitative estimate of drug-likeness (QED) is 0.841. The second-order valence-electron chi connectivity index (χ2n) is 4.69. The Morgan fingerprint density at radius 1 is 1.05 bits per heavy atom. The highest BCUT2D eigenvalue weighted by Gasteiger charge is 2.45. The van der Waals surface area contributed by atoms with Crippen molar-refractivity contribution in [3.63, 3.8) is 0 Å². The third-order valence-corrected chi connectivity index (χ3v) is 9.87. The van der Waals surface area contributed by atoms with E-state index in [0.717, 1.165) is 0 Å². The van der Waals surface area contributed by atoms with Crippen LogP contribution in [0.2, 0.25) is 0 Å². The van der Waals surface area contributed by atoms with Gasteiger partial charge in [0.1, 0.15) is 0 Å². The van der Waals surface area contributed by atoms with Crippen LogP contribution < -0.4 is 5.30 Å². The molecule has 0 saturated carbocycles. The van der Waals surface area contributed by atoms with Crippen LogP contribution in [0, 0.1) is 0 Å². The molecule has 0 saturated heterocycles. The van der Waals surface area contributed by atoms with Crippen molar-refractivity contribution in [1.82, 2.24) is 0 Å². The van der Waals surface area contributed by atoms with E-state index in [9.17, 15) is 9.67 Å². The largest absolute Gasteiger partial charge is 0.376 e. The summed E-state index contributed by atoms with van der Waals surface area (Å²) in [6.07, 6.45) is -3.02. The molecule has 0 radical (unpaired) electrons. The summed E-state index contributed by atoms with van der Waals surface area (Å²) >= 11 is 1.34. The minimum absolute atomic E-state index is 0.688. The monoisotopic (exact) mass is 306 g/mol. The van der Waals surface area contributed by atoms with Gasteiger partial charge in [0.15, 0.2) is 5.34 Å². The van der Waals surface area contributed by atoms with Crippen LogP contribution in [0.3, 0.4) is 0 Å². The van der Waals surface area contributed by atoms with Crippen LogP contribution in [0.15, 0.2) is 60.7 Å². The lowest BCUT2D eigenvalue weighted by molar-refractivity contribution is 0.147. The van der Waals surface area contributed by atoms with E-state index in [0.29, 0.717) is 16.6 Å². The zero-order valence-electron chi connectivity index (χ0n) is 11.7. The maximum atomic E-state index is 13.5. The summed E-state index contributed by atoms with van der Waals surface area (Å²) < 4.78 is 13.5. The second-order valence-corrected chi connectivity index (χ2v) is 10.3. The highest BCUT2D eigenvalue weighted by Crippen LogP contribution is 2.69. The van der Waals surface area contributed by atoms with Gasteiger partial charge in [-0.05, 0) is 18.2 Å². The topological polar surface area (TPSA) is 37.3 Å². The number of rotatable bonds is 5. The molecule has 2 atom stereocenters. The van der Waals surface area contributed by atoms with Crippen molar-refractivity contribution < 1.29 is 9.67 Å². The van der Waals surface area contributed by atoms with Gasteiger partial charge in [0.05, 0.1) is 0 Å². The molecule has 0 aliphatic heterocycles. The fourth-order valence-corrected chi connectivity index (χ4v) is 7.48. The molecule has 0 spiro atoms. The predicted octanol–water partition coefficient (Wildman–Crippen LogP) is 4.21. The smallest absolute Gasteiger partial charge is 0.201 e. The minimum atomic E-state index is -3.02. The number of benzene rings is 2. The molecule has 2 nitrogen and oxygen atoms in total. The average molecular weight is 306 g/mol. The van der Waals surface area contributed by atoms with Gasteiger partial charge in [-0.3, -0.25) is 0 Å². The lowest BCUT2D eigenvalue weighted by atomic mass is 10.1. The Labute approximate surface area is 124 Å². The Bertz CT molecular complexity index is 596. The molecule has 4 heteroatoms. The van der Waals surface area contributed by atoms with Crippen molar-refractivity contribution in [3.05, 3.63) is 66.2 Å². The van der Waals surface area contributed by atoms with Crippen LogP contribution in [0.5, 0.6) is 0 Å². The van der Waals surface area contributed by atoms with E-state index in [4.69, 9.17) is 0 Å². The van der Waals surface area contributed by atoms with Crippen molar-refractivity contribution in [1.29, 1.82) is 0 Å². The molecule has 0 amide bonds. The highest BCUT2D eigenvalue weighted by molar-refractivity contribution is 8.60. The van der Waals surface area contributed by atoms with Crippen LogP contribution in [-0.2, 0) is 9.91 Å². The molecule has 0 fully saturated rings. The zero-order chi connectivity index (χ0) is 14.6. The lowest BCUT2D eigenvalue weighted by Gasteiger charge is -2.33. The van der Waals surface area contributed by atoms with Crippen LogP contribution in [-0.4, -0.2) is 10.9 Å². The van der Waals surface area contributed by atoms with Gasteiger partial charge in [-0.25, -0.2) is 0 Å². The summed E-state index contributed by atoms with van der Waals surface area (Å²) in [7, 11) is 0. The van der Waals surface area contributed by atoms with Gasteiger partial charge < -0.3 is 9.67 Å². The molecule has 2 aromatic rings. The van der Waals surface area contributed by atoms with Gasteiger partial charge in [0.25, 0.3) is 0 Å². The molecule has 0 aromatic heterocycles. The molecule has 0 aliphatic rings. The molecule has 2 rings (SSSR count). The highest BCUT2D eigenvalue weighted by atomic mass is 32.7. The first kappa shape index (κ1) is 15.4. The van der Waals surface area contributed by atoms with Gasteiger partial charge in [-0.2, -0.15) is 0 Å². The first-order valence-electron chi connectivity index (χ1n) is 6.60. The van der Waals surface area contributed by atoms with Gasteiger partial charge in [0.2, 0.25) is 6.34 Å². The normalized spacial score (nSPS) is 17.1. The van der Waals surface area contributed by atoms with Crippen molar-refractivity contribution in [2.24, 2.45) is 0 Å². The Kier molecular flexibility index (Phi) is 4.74. The number of hydrogen-bond donors (Lipinski definition) is 1. The number of hydrogen-bond acceptors (Lipinski definition) is 3. The van der Waals surface area contributed by atoms with Crippen molar-refractivity contribution in [3.8, 4) is 0 Å². The lowest BCUT2D eigenvalue weighted by Crippen LogP contribution is -2.26. The maximum Gasteiger partial charge on any atom is 0.201 e. The molecule has 0 heterocycles.